The molecule has 2 aromatic carbocycles. The van der Waals surface area contributed by atoms with Crippen LogP contribution in [0.15, 0.2) is 59.8 Å². The Balaban J connectivity index is 1.85. The summed E-state index contributed by atoms with van der Waals surface area (Å²) in [6, 6.07) is 16.7. The number of benzene rings is 2. The number of fused-ring (bicyclic) bond motifs is 1. The molecule has 0 saturated heterocycles. The number of para-hydroxylation sites is 2. The number of Topliss-reactive ketones (excluding diaryl/α,β-unsaturated/α-hetero) is 1. The van der Waals surface area contributed by atoms with Gasteiger partial charge in [-0.1, -0.05) is 57.2 Å². The molecule has 3 nitrogen and oxygen atoms in total. The van der Waals surface area contributed by atoms with Gasteiger partial charge in [0.05, 0.1) is 17.4 Å². The third kappa shape index (κ3) is 3.03. The van der Waals surface area contributed by atoms with Gasteiger partial charge in [0.2, 0.25) is 0 Å². The standard InChI is InChI=1S/C23H26N2O/c1-4-15-9-11-16(12-10-15)22-21-19(13-23(2,3)14-20(21)26)24-17-7-5-6-8-18(17)25-22/h5-12,22,24-25H,4,13-14H2,1-3H3/t22-/m0/s1. The number of carbonyl (C=O) groups excluding carboxylic acids is 1. The third-order valence-electron chi connectivity index (χ3n) is 5.44. The average molecular weight is 346 g/mol. The number of hydrogen-bond acceptors (Lipinski definition) is 3. The fourth-order valence-corrected chi connectivity index (χ4v) is 4.09. The summed E-state index contributed by atoms with van der Waals surface area (Å²) in [6.45, 7) is 6.50. The van der Waals surface area contributed by atoms with Crippen LogP contribution in [-0.4, -0.2) is 5.78 Å². The molecule has 0 fully saturated rings. The molecule has 2 aromatic rings. The Bertz CT molecular complexity index is 877. The molecule has 0 aromatic heterocycles. The molecule has 0 bridgehead atoms. The summed E-state index contributed by atoms with van der Waals surface area (Å²) >= 11 is 0. The third-order valence-corrected chi connectivity index (χ3v) is 5.44. The summed E-state index contributed by atoms with van der Waals surface area (Å²) in [5.41, 5.74) is 6.47. The Kier molecular flexibility index (Phi) is 4.10. The van der Waals surface area contributed by atoms with Gasteiger partial charge in [0, 0.05) is 17.7 Å². The first kappa shape index (κ1) is 16.9. The largest absolute Gasteiger partial charge is 0.372 e. The normalized spacial score (nSPS) is 21.2. The van der Waals surface area contributed by atoms with Crippen LogP contribution in [-0.2, 0) is 11.2 Å². The Labute approximate surface area is 155 Å². The van der Waals surface area contributed by atoms with Crippen molar-refractivity contribution >= 4 is 17.2 Å². The maximum Gasteiger partial charge on any atom is 0.163 e. The molecule has 134 valence electrons. The topological polar surface area (TPSA) is 41.1 Å². The fourth-order valence-electron chi connectivity index (χ4n) is 4.09. The van der Waals surface area contributed by atoms with Gasteiger partial charge in [0.25, 0.3) is 0 Å². The van der Waals surface area contributed by atoms with Crippen molar-refractivity contribution in [3.05, 3.63) is 70.9 Å². The Morgan fingerprint density at radius 3 is 2.38 bits per heavy atom. The number of carbonyl (C=O) groups is 1. The molecular weight excluding hydrogens is 320 g/mol. The Hall–Kier alpha value is -2.55. The van der Waals surface area contributed by atoms with Crippen molar-refractivity contribution in [1.29, 1.82) is 0 Å². The van der Waals surface area contributed by atoms with E-state index in [0.717, 1.165) is 41.1 Å². The minimum atomic E-state index is -0.115. The van der Waals surface area contributed by atoms with E-state index in [4.69, 9.17) is 0 Å². The minimum Gasteiger partial charge on any atom is -0.372 e. The van der Waals surface area contributed by atoms with Crippen molar-refractivity contribution in [2.45, 2.75) is 46.1 Å². The highest BCUT2D eigenvalue weighted by atomic mass is 16.1. The molecule has 1 aliphatic carbocycles. The molecule has 2 N–H and O–H groups in total. The zero-order chi connectivity index (χ0) is 18.3. The van der Waals surface area contributed by atoms with E-state index in [1.165, 1.54) is 5.56 Å². The van der Waals surface area contributed by atoms with Gasteiger partial charge < -0.3 is 10.6 Å². The zero-order valence-corrected chi connectivity index (χ0v) is 15.7. The van der Waals surface area contributed by atoms with E-state index in [1.807, 2.05) is 12.1 Å². The van der Waals surface area contributed by atoms with Gasteiger partial charge in [-0.05, 0) is 41.5 Å². The highest BCUT2D eigenvalue weighted by Crippen LogP contribution is 2.45. The smallest absolute Gasteiger partial charge is 0.163 e. The van der Waals surface area contributed by atoms with Crippen LogP contribution in [0, 0.1) is 5.41 Å². The quantitative estimate of drug-likeness (QED) is 0.757. The summed E-state index contributed by atoms with van der Waals surface area (Å²) < 4.78 is 0. The van der Waals surface area contributed by atoms with Gasteiger partial charge in [-0.15, -0.1) is 0 Å². The average Bonchev–Trinajstić information content (AvgIpc) is 2.77. The first-order valence-electron chi connectivity index (χ1n) is 9.44. The molecule has 0 unspecified atom stereocenters. The maximum atomic E-state index is 13.1. The molecule has 1 aliphatic heterocycles. The summed E-state index contributed by atoms with van der Waals surface area (Å²) in [7, 11) is 0. The first-order chi connectivity index (χ1) is 12.5. The number of aryl methyl sites for hydroxylation is 1. The predicted octanol–water partition coefficient (Wildman–Crippen LogP) is 5.47. The molecule has 26 heavy (non-hydrogen) atoms. The summed E-state index contributed by atoms with van der Waals surface area (Å²) in [5.74, 6) is 0.244. The van der Waals surface area contributed by atoms with Crippen LogP contribution in [0.2, 0.25) is 0 Å². The monoisotopic (exact) mass is 346 g/mol. The van der Waals surface area contributed by atoms with Crippen LogP contribution in [0.1, 0.15) is 50.8 Å². The van der Waals surface area contributed by atoms with Crippen LogP contribution < -0.4 is 10.6 Å². The summed E-state index contributed by atoms with van der Waals surface area (Å²) in [6.07, 6.45) is 2.49. The molecule has 0 spiro atoms. The Morgan fingerprint density at radius 1 is 1.00 bits per heavy atom. The molecule has 1 heterocycles. The molecule has 0 radical (unpaired) electrons. The highest BCUT2D eigenvalue weighted by molar-refractivity contribution is 6.01. The molecule has 4 rings (SSSR count). The number of hydrogen-bond donors (Lipinski definition) is 2. The van der Waals surface area contributed by atoms with Crippen molar-refractivity contribution in [3.63, 3.8) is 0 Å². The number of ketones is 1. The lowest BCUT2D eigenvalue weighted by Gasteiger charge is -2.34. The highest BCUT2D eigenvalue weighted by Gasteiger charge is 2.38. The van der Waals surface area contributed by atoms with Crippen LogP contribution in [0.4, 0.5) is 11.4 Å². The lowest BCUT2D eigenvalue weighted by molar-refractivity contribution is -0.118. The van der Waals surface area contributed by atoms with E-state index >= 15 is 0 Å². The number of rotatable bonds is 2. The molecule has 3 heteroatoms. The number of anilines is 2. The van der Waals surface area contributed by atoms with Gasteiger partial charge in [-0.3, -0.25) is 4.79 Å². The number of nitrogens with one attached hydrogen (secondary N) is 2. The van der Waals surface area contributed by atoms with Gasteiger partial charge in [-0.25, -0.2) is 0 Å². The number of allylic oxidation sites excluding steroid dienone is 1. The molecule has 0 amide bonds. The van der Waals surface area contributed by atoms with E-state index in [-0.39, 0.29) is 17.2 Å². The van der Waals surface area contributed by atoms with Gasteiger partial charge in [0.15, 0.2) is 5.78 Å². The second kappa shape index (κ2) is 6.31. The second-order valence-electron chi connectivity index (χ2n) is 8.18. The van der Waals surface area contributed by atoms with Gasteiger partial charge >= 0.3 is 0 Å². The van der Waals surface area contributed by atoms with Crippen LogP contribution in [0.5, 0.6) is 0 Å². The van der Waals surface area contributed by atoms with Gasteiger partial charge in [0.1, 0.15) is 0 Å². The second-order valence-corrected chi connectivity index (χ2v) is 8.18. The van der Waals surface area contributed by atoms with E-state index in [1.54, 1.807) is 0 Å². The summed E-state index contributed by atoms with van der Waals surface area (Å²) in [4.78, 5) is 13.1. The molecule has 0 saturated carbocycles. The maximum absolute atomic E-state index is 13.1. The van der Waals surface area contributed by atoms with Crippen LogP contribution in [0.3, 0.4) is 0 Å². The lowest BCUT2D eigenvalue weighted by Crippen LogP contribution is -2.31. The van der Waals surface area contributed by atoms with Crippen LogP contribution in [0.25, 0.3) is 0 Å². The predicted molar refractivity (Wildman–Crippen MR) is 107 cm³/mol. The van der Waals surface area contributed by atoms with Crippen molar-refractivity contribution in [2.75, 3.05) is 10.6 Å². The van der Waals surface area contributed by atoms with Crippen LogP contribution >= 0.6 is 0 Å². The fraction of sp³-hybridized carbons (Fsp3) is 0.348. The van der Waals surface area contributed by atoms with Crippen molar-refractivity contribution < 1.29 is 4.79 Å². The molecule has 2 aliphatic rings. The van der Waals surface area contributed by atoms with Crippen molar-refractivity contribution in [1.82, 2.24) is 0 Å². The summed E-state index contributed by atoms with van der Waals surface area (Å²) in [5, 5.41) is 7.20. The molecular formula is C23H26N2O. The Morgan fingerprint density at radius 2 is 1.69 bits per heavy atom. The SMILES string of the molecule is CCc1ccc([C@@H]2Nc3ccccc3NC3=C2C(=O)CC(C)(C)C3)cc1. The van der Waals surface area contributed by atoms with E-state index in [9.17, 15) is 4.79 Å². The van der Waals surface area contributed by atoms with E-state index < -0.39 is 0 Å². The minimum absolute atomic E-state index is 0.0151. The lowest BCUT2D eigenvalue weighted by atomic mass is 9.73. The zero-order valence-electron chi connectivity index (χ0n) is 15.7. The first-order valence-corrected chi connectivity index (χ1v) is 9.44. The molecule has 1 atom stereocenters. The van der Waals surface area contributed by atoms with Crippen molar-refractivity contribution in [3.8, 4) is 0 Å². The van der Waals surface area contributed by atoms with Gasteiger partial charge in [-0.2, -0.15) is 0 Å². The van der Waals surface area contributed by atoms with E-state index in [2.05, 4.69) is 67.8 Å². The van der Waals surface area contributed by atoms with Crippen molar-refractivity contribution in [2.24, 2.45) is 5.41 Å². The van der Waals surface area contributed by atoms with E-state index in [0.29, 0.717) is 6.42 Å².